The average molecular weight is 292 g/mol. The average Bonchev–Trinajstić information content (AvgIpc) is 2.51. The summed E-state index contributed by atoms with van der Waals surface area (Å²) in [6.45, 7) is 6.20. The van der Waals surface area contributed by atoms with Crippen LogP contribution in [-0.2, 0) is 4.74 Å². The fraction of sp³-hybridized carbons (Fsp3) is 0.647. The lowest BCUT2D eigenvalue weighted by molar-refractivity contribution is 0.0981. The highest BCUT2D eigenvalue weighted by Crippen LogP contribution is 2.29. The van der Waals surface area contributed by atoms with Gasteiger partial charge in [0.25, 0.3) is 0 Å². The maximum Gasteiger partial charge on any atom is 0.142 e. The van der Waals surface area contributed by atoms with E-state index < -0.39 is 0 Å². The molecule has 2 rings (SSSR count). The molecule has 0 spiro atoms. The van der Waals surface area contributed by atoms with E-state index in [1.54, 1.807) is 0 Å². The van der Waals surface area contributed by atoms with Crippen LogP contribution in [0.3, 0.4) is 0 Å². The Labute approximate surface area is 128 Å². The minimum absolute atomic E-state index is 0.268. The Bertz CT molecular complexity index is 412. The van der Waals surface area contributed by atoms with Crippen LogP contribution >= 0.6 is 0 Å². The van der Waals surface area contributed by atoms with E-state index in [9.17, 15) is 0 Å². The molecule has 1 aromatic carbocycles. The molecule has 1 aliphatic heterocycles. The van der Waals surface area contributed by atoms with E-state index in [4.69, 9.17) is 15.2 Å². The highest BCUT2D eigenvalue weighted by atomic mass is 16.5. The topological polar surface area (TPSA) is 47.7 Å². The second-order valence-electron chi connectivity index (χ2n) is 5.63. The Kier molecular flexibility index (Phi) is 6.83. The van der Waals surface area contributed by atoms with Gasteiger partial charge in [0.2, 0.25) is 0 Å². The van der Waals surface area contributed by atoms with Crippen molar-refractivity contribution in [3.05, 3.63) is 24.3 Å². The van der Waals surface area contributed by atoms with Crippen LogP contribution in [0.1, 0.15) is 32.6 Å². The number of benzene rings is 1. The maximum atomic E-state index is 6.08. The van der Waals surface area contributed by atoms with Gasteiger partial charge in [-0.25, -0.2) is 0 Å². The largest absolute Gasteiger partial charge is 0.489 e. The Morgan fingerprint density at radius 2 is 2.10 bits per heavy atom. The summed E-state index contributed by atoms with van der Waals surface area (Å²) in [6, 6.07) is 8.48. The molecule has 0 amide bonds. The van der Waals surface area contributed by atoms with Crippen molar-refractivity contribution in [2.24, 2.45) is 5.73 Å². The second kappa shape index (κ2) is 8.90. The van der Waals surface area contributed by atoms with Crippen LogP contribution in [0.2, 0.25) is 0 Å². The molecule has 0 aromatic heterocycles. The molecule has 1 aliphatic rings. The van der Waals surface area contributed by atoms with Crippen molar-refractivity contribution in [1.82, 2.24) is 0 Å². The highest BCUT2D eigenvalue weighted by Gasteiger charge is 2.19. The standard InChI is InChI=1S/C17H28N2O2/c1-2-3-11-20-12-13-21-17-9-5-4-8-16(17)19-10-6-7-15(18)14-19/h4-5,8-9,15H,2-3,6-7,10-14,18H2,1H3. The SMILES string of the molecule is CCCCOCCOc1ccccc1N1CCCC(N)C1. The smallest absolute Gasteiger partial charge is 0.142 e. The van der Waals surface area contributed by atoms with Gasteiger partial charge in [-0.15, -0.1) is 0 Å². The van der Waals surface area contributed by atoms with Crippen LogP contribution in [0.4, 0.5) is 5.69 Å². The van der Waals surface area contributed by atoms with Crippen LogP contribution in [0.15, 0.2) is 24.3 Å². The first-order valence-corrected chi connectivity index (χ1v) is 8.11. The van der Waals surface area contributed by atoms with Gasteiger partial charge < -0.3 is 20.1 Å². The summed E-state index contributed by atoms with van der Waals surface area (Å²) in [7, 11) is 0. The Morgan fingerprint density at radius 3 is 2.90 bits per heavy atom. The van der Waals surface area contributed by atoms with Crippen molar-refractivity contribution in [2.45, 2.75) is 38.6 Å². The summed E-state index contributed by atoms with van der Waals surface area (Å²) in [6.07, 6.45) is 4.54. The number of rotatable bonds is 8. The molecule has 0 radical (unpaired) electrons. The zero-order valence-electron chi connectivity index (χ0n) is 13.1. The Balaban J connectivity index is 1.85. The highest BCUT2D eigenvalue weighted by molar-refractivity contribution is 5.58. The lowest BCUT2D eigenvalue weighted by Crippen LogP contribution is -2.43. The van der Waals surface area contributed by atoms with Crippen molar-refractivity contribution in [3.63, 3.8) is 0 Å². The number of ether oxygens (including phenoxy) is 2. The molecule has 118 valence electrons. The van der Waals surface area contributed by atoms with Gasteiger partial charge in [0.05, 0.1) is 12.3 Å². The van der Waals surface area contributed by atoms with Gasteiger partial charge in [0.1, 0.15) is 12.4 Å². The van der Waals surface area contributed by atoms with Gasteiger partial charge in [-0.05, 0) is 31.4 Å². The summed E-state index contributed by atoms with van der Waals surface area (Å²) in [5.74, 6) is 0.936. The molecule has 1 saturated heterocycles. The quantitative estimate of drug-likeness (QED) is 0.749. The molecule has 1 atom stereocenters. The molecular formula is C17H28N2O2. The normalized spacial score (nSPS) is 18.8. The summed E-state index contributed by atoms with van der Waals surface area (Å²) in [5.41, 5.74) is 7.23. The Hall–Kier alpha value is -1.26. The van der Waals surface area contributed by atoms with Gasteiger partial charge in [-0.3, -0.25) is 0 Å². The predicted octanol–water partition coefficient (Wildman–Crippen LogP) is 2.81. The van der Waals surface area contributed by atoms with E-state index in [0.29, 0.717) is 13.2 Å². The Morgan fingerprint density at radius 1 is 1.24 bits per heavy atom. The van der Waals surface area contributed by atoms with E-state index in [1.165, 1.54) is 6.42 Å². The molecule has 2 N–H and O–H groups in total. The van der Waals surface area contributed by atoms with Crippen LogP contribution in [0.5, 0.6) is 5.75 Å². The third-order valence-electron chi connectivity index (χ3n) is 3.79. The molecule has 4 nitrogen and oxygen atoms in total. The fourth-order valence-electron chi connectivity index (χ4n) is 2.63. The molecule has 21 heavy (non-hydrogen) atoms. The molecule has 1 unspecified atom stereocenters. The van der Waals surface area contributed by atoms with Gasteiger partial charge in [0.15, 0.2) is 0 Å². The summed E-state index contributed by atoms with van der Waals surface area (Å²) in [5, 5.41) is 0. The van der Waals surface area contributed by atoms with Crippen molar-refractivity contribution in [2.75, 3.05) is 37.8 Å². The summed E-state index contributed by atoms with van der Waals surface area (Å²) < 4.78 is 11.4. The van der Waals surface area contributed by atoms with Crippen molar-refractivity contribution >= 4 is 5.69 Å². The van der Waals surface area contributed by atoms with Gasteiger partial charge in [-0.1, -0.05) is 25.5 Å². The number of nitrogens with zero attached hydrogens (tertiary/aromatic N) is 1. The number of anilines is 1. The maximum absolute atomic E-state index is 6.08. The number of hydrogen-bond donors (Lipinski definition) is 1. The third kappa shape index (κ3) is 5.21. The van der Waals surface area contributed by atoms with Crippen molar-refractivity contribution in [1.29, 1.82) is 0 Å². The lowest BCUT2D eigenvalue weighted by Gasteiger charge is -2.33. The van der Waals surface area contributed by atoms with E-state index in [-0.39, 0.29) is 6.04 Å². The fourth-order valence-corrected chi connectivity index (χ4v) is 2.63. The monoisotopic (exact) mass is 292 g/mol. The minimum Gasteiger partial charge on any atom is -0.489 e. The van der Waals surface area contributed by atoms with Crippen LogP contribution in [0, 0.1) is 0 Å². The number of nitrogens with two attached hydrogens (primary N) is 1. The number of unbranched alkanes of at least 4 members (excludes halogenated alkanes) is 1. The molecule has 1 heterocycles. The molecule has 4 heteroatoms. The minimum atomic E-state index is 0.268. The van der Waals surface area contributed by atoms with Crippen molar-refractivity contribution < 1.29 is 9.47 Å². The van der Waals surface area contributed by atoms with E-state index in [2.05, 4.69) is 24.0 Å². The third-order valence-corrected chi connectivity index (χ3v) is 3.79. The van der Waals surface area contributed by atoms with E-state index >= 15 is 0 Å². The van der Waals surface area contributed by atoms with E-state index in [1.807, 2.05) is 12.1 Å². The lowest BCUT2D eigenvalue weighted by atomic mass is 10.1. The van der Waals surface area contributed by atoms with E-state index in [0.717, 1.165) is 50.4 Å². The van der Waals surface area contributed by atoms with Crippen LogP contribution in [0.25, 0.3) is 0 Å². The molecule has 1 fully saturated rings. The number of piperidine rings is 1. The summed E-state index contributed by atoms with van der Waals surface area (Å²) in [4.78, 5) is 2.33. The van der Waals surface area contributed by atoms with Gasteiger partial charge >= 0.3 is 0 Å². The van der Waals surface area contributed by atoms with Crippen molar-refractivity contribution in [3.8, 4) is 5.75 Å². The zero-order valence-corrected chi connectivity index (χ0v) is 13.1. The van der Waals surface area contributed by atoms with Gasteiger partial charge in [0, 0.05) is 25.7 Å². The molecule has 0 saturated carbocycles. The molecule has 1 aromatic rings. The first kappa shape index (κ1) is 16.1. The molecule has 0 bridgehead atoms. The predicted molar refractivity (Wildman–Crippen MR) is 87.1 cm³/mol. The first-order chi connectivity index (χ1) is 10.3. The van der Waals surface area contributed by atoms with Gasteiger partial charge in [-0.2, -0.15) is 0 Å². The van der Waals surface area contributed by atoms with Crippen LogP contribution < -0.4 is 15.4 Å². The summed E-state index contributed by atoms with van der Waals surface area (Å²) >= 11 is 0. The zero-order chi connectivity index (χ0) is 14.9. The second-order valence-corrected chi connectivity index (χ2v) is 5.63. The molecular weight excluding hydrogens is 264 g/mol. The first-order valence-electron chi connectivity index (χ1n) is 8.11. The number of hydrogen-bond acceptors (Lipinski definition) is 4. The van der Waals surface area contributed by atoms with Crippen LogP contribution in [-0.4, -0.2) is 39.0 Å². The number of para-hydroxylation sites is 2. The molecule has 0 aliphatic carbocycles.